The largest absolute Gasteiger partial charge is 0.484 e. The molecular formula is C23H23N5O6. The number of hydrogen-bond donors (Lipinski definition) is 1. The van der Waals surface area contributed by atoms with Crippen LogP contribution in [0.1, 0.15) is 31.9 Å². The van der Waals surface area contributed by atoms with Crippen LogP contribution in [0.4, 0.5) is 5.82 Å². The average Bonchev–Trinajstić information content (AvgIpc) is 3.63. The van der Waals surface area contributed by atoms with Gasteiger partial charge in [0.25, 0.3) is 5.91 Å². The number of ether oxygens (including phenoxy) is 4. The monoisotopic (exact) mass is 465 g/mol. The van der Waals surface area contributed by atoms with Crippen LogP contribution in [0.3, 0.4) is 0 Å². The van der Waals surface area contributed by atoms with E-state index < -0.39 is 30.3 Å². The van der Waals surface area contributed by atoms with E-state index in [2.05, 4.69) is 20.3 Å². The first kappa shape index (κ1) is 21.1. The third-order valence-electron chi connectivity index (χ3n) is 6.43. The normalized spacial score (nSPS) is 27.2. The first-order valence-electron chi connectivity index (χ1n) is 11.3. The molecule has 0 radical (unpaired) electrons. The number of para-hydroxylation sites is 1. The lowest BCUT2D eigenvalue weighted by atomic mass is 10.1. The molecule has 11 nitrogen and oxygen atoms in total. The Bertz CT molecular complexity index is 1210. The van der Waals surface area contributed by atoms with Gasteiger partial charge in [-0.15, -0.1) is 0 Å². The first-order chi connectivity index (χ1) is 16.7. The molecule has 1 aliphatic carbocycles. The number of aromatic nitrogens is 4. The molecule has 3 aliphatic rings. The van der Waals surface area contributed by atoms with Crippen LogP contribution in [0.2, 0.25) is 0 Å². The molecule has 2 aromatic heterocycles. The van der Waals surface area contributed by atoms with E-state index in [0.717, 1.165) is 32.0 Å². The van der Waals surface area contributed by atoms with Gasteiger partial charge in [-0.3, -0.25) is 9.36 Å². The molecule has 1 spiro atoms. The highest BCUT2D eigenvalue weighted by Crippen LogP contribution is 2.49. The highest BCUT2D eigenvalue weighted by atomic mass is 16.8. The van der Waals surface area contributed by atoms with Crippen molar-refractivity contribution < 1.29 is 28.5 Å². The van der Waals surface area contributed by atoms with Crippen LogP contribution >= 0.6 is 0 Å². The van der Waals surface area contributed by atoms with Crippen molar-refractivity contribution in [2.45, 2.75) is 56.0 Å². The summed E-state index contributed by atoms with van der Waals surface area (Å²) in [7, 11) is 0. The summed E-state index contributed by atoms with van der Waals surface area (Å²) in [4.78, 5) is 37.1. The molecule has 3 fully saturated rings. The van der Waals surface area contributed by atoms with Crippen molar-refractivity contribution in [1.29, 1.82) is 0 Å². The SMILES string of the molecule is O=C[C@H]1O[C@@H](n2cnc3c(NC(=O)COc4ccccc4)ncnc32)[C@@H]2OC3(CCCC3)O[C@@H]21. The van der Waals surface area contributed by atoms with Crippen molar-refractivity contribution in [1.82, 2.24) is 19.5 Å². The van der Waals surface area contributed by atoms with Crippen LogP contribution < -0.4 is 10.1 Å². The number of hydrogen-bond acceptors (Lipinski definition) is 9. The highest BCUT2D eigenvalue weighted by Gasteiger charge is 2.59. The van der Waals surface area contributed by atoms with Crippen molar-refractivity contribution in [3.63, 3.8) is 0 Å². The third kappa shape index (κ3) is 3.61. The van der Waals surface area contributed by atoms with E-state index in [1.54, 1.807) is 23.0 Å². The second-order valence-electron chi connectivity index (χ2n) is 8.61. The second kappa shape index (κ2) is 8.42. The van der Waals surface area contributed by atoms with Crippen molar-refractivity contribution >= 4 is 29.2 Å². The predicted octanol–water partition coefficient (Wildman–Crippen LogP) is 1.99. The van der Waals surface area contributed by atoms with Gasteiger partial charge in [0.15, 0.2) is 41.9 Å². The summed E-state index contributed by atoms with van der Waals surface area (Å²) in [5, 5.41) is 2.72. The molecule has 1 aromatic carbocycles. The maximum Gasteiger partial charge on any atom is 0.263 e. The lowest BCUT2D eigenvalue weighted by molar-refractivity contribution is -0.210. The minimum Gasteiger partial charge on any atom is -0.484 e. The molecule has 4 heterocycles. The number of nitrogens with one attached hydrogen (secondary N) is 1. The summed E-state index contributed by atoms with van der Waals surface area (Å²) < 4.78 is 25.7. The van der Waals surface area contributed by atoms with Crippen molar-refractivity contribution in [2.75, 3.05) is 11.9 Å². The number of benzene rings is 1. The molecule has 1 saturated carbocycles. The third-order valence-corrected chi connectivity index (χ3v) is 6.43. The van der Waals surface area contributed by atoms with Crippen LogP contribution in [0, 0.1) is 0 Å². The summed E-state index contributed by atoms with van der Waals surface area (Å²) in [5.74, 6) is -0.191. The van der Waals surface area contributed by atoms with Crippen molar-refractivity contribution in [3.8, 4) is 5.75 Å². The van der Waals surface area contributed by atoms with Gasteiger partial charge in [0.05, 0.1) is 6.33 Å². The summed E-state index contributed by atoms with van der Waals surface area (Å²) in [6, 6.07) is 9.05. The average molecular weight is 465 g/mol. The molecular weight excluding hydrogens is 442 g/mol. The number of carbonyl (C=O) groups is 2. The smallest absolute Gasteiger partial charge is 0.263 e. The van der Waals surface area contributed by atoms with Crippen LogP contribution in [-0.2, 0) is 23.8 Å². The van der Waals surface area contributed by atoms with E-state index in [4.69, 9.17) is 18.9 Å². The molecule has 3 aromatic rings. The quantitative estimate of drug-likeness (QED) is 0.544. The van der Waals surface area contributed by atoms with Gasteiger partial charge in [-0.2, -0.15) is 0 Å². The van der Waals surface area contributed by atoms with Crippen LogP contribution in [0.15, 0.2) is 43.0 Å². The molecule has 1 amide bonds. The zero-order valence-corrected chi connectivity index (χ0v) is 18.2. The number of anilines is 1. The summed E-state index contributed by atoms with van der Waals surface area (Å²) >= 11 is 0. The van der Waals surface area contributed by atoms with Crippen LogP contribution in [-0.4, -0.2) is 62.4 Å². The van der Waals surface area contributed by atoms with Gasteiger partial charge in [0, 0.05) is 12.8 Å². The van der Waals surface area contributed by atoms with Crippen LogP contribution in [0.25, 0.3) is 11.2 Å². The maximum absolute atomic E-state index is 12.4. The molecule has 2 saturated heterocycles. The standard InChI is InChI=1S/C23H23N5O6/c29-10-15-18-19(34-23(33-18)8-4-5-9-23)22(32-15)28-13-26-17-20(24-12-25-21(17)28)27-16(30)11-31-14-6-2-1-3-7-14/h1-3,6-7,10,12-13,15,18-19,22H,4-5,8-9,11H2,(H,24,25,27,30)/t15-,18-,19-,22-/m1/s1. The van der Waals surface area contributed by atoms with Gasteiger partial charge >= 0.3 is 0 Å². The number of rotatable bonds is 6. The Kier molecular flexibility index (Phi) is 5.24. The van der Waals surface area contributed by atoms with Gasteiger partial charge in [0.1, 0.15) is 30.4 Å². The summed E-state index contributed by atoms with van der Waals surface area (Å²) in [6.45, 7) is -0.181. The van der Waals surface area contributed by atoms with Gasteiger partial charge in [-0.25, -0.2) is 15.0 Å². The predicted molar refractivity (Wildman–Crippen MR) is 117 cm³/mol. The maximum atomic E-state index is 12.4. The Morgan fingerprint density at radius 3 is 2.74 bits per heavy atom. The first-order valence-corrected chi connectivity index (χ1v) is 11.3. The van der Waals surface area contributed by atoms with E-state index in [1.165, 1.54) is 6.33 Å². The number of amides is 1. The fourth-order valence-corrected chi connectivity index (χ4v) is 4.89. The molecule has 1 N–H and O–H groups in total. The van der Waals surface area contributed by atoms with Crippen molar-refractivity contribution in [3.05, 3.63) is 43.0 Å². The summed E-state index contributed by atoms with van der Waals surface area (Å²) in [5.41, 5.74) is 0.834. The van der Waals surface area contributed by atoms with E-state index >= 15 is 0 Å². The highest BCUT2D eigenvalue weighted by molar-refractivity contribution is 5.97. The van der Waals surface area contributed by atoms with E-state index in [1.807, 2.05) is 18.2 Å². The Hall–Kier alpha value is -3.41. The zero-order valence-electron chi connectivity index (χ0n) is 18.2. The molecule has 0 unspecified atom stereocenters. The van der Waals surface area contributed by atoms with Gasteiger partial charge < -0.3 is 29.1 Å². The van der Waals surface area contributed by atoms with E-state index in [0.29, 0.717) is 16.9 Å². The molecule has 0 bridgehead atoms. The molecule has 4 atom stereocenters. The molecule has 2 aliphatic heterocycles. The fraction of sp³-hybridized carbons (Fsp3) is 0.435. The number of nitrogens with zero attached hydrogens (tertiary/aromatic N) is 4. The molecule has 176 valence electrons. The van der Waals surface area contributed by atoms with Gasteiger partial charge in [-0.1, -0.05) is 18.2 Å². The van der Waals surface area contributed by atoms with E-state index in [9.17, 15) is 9.59 Å². The lowest BCUT2D eigenvalue weighted by Gasteiger charge is -2.26. The van der Waals surface area contributed by atoms with E-state index in [-0.39, 0.29) is 18.3 Å². The fourth-order valence-electron chi connectivity index (χ4n) is 4.89. The van der Waals surface area contributed by atoms with Gasteiger partial charge in [-0.05, 0) is 25.0 Å². The Labute approximate surface area is 194 Å². The molecule has 6 rings (SSSR count). The minimum absolute atomic E-state index is 0.181. The zero-order chi connectivity index (χ0) is 23.1. The minimum atomic E-state index is -0.747. The Balaban J connectivity index is 1.23. The second-order valence-corrected chi connectivity index (χ2v) is 8.61. The molecule has 34 heavy (non-hydrogen) atoms. The Morgan fingerprint density at radius 2 is 1.94 bits per heavy atom. The number of carbonyl (C=O) groups excluding carboxylic acids is 2. The number of fused-ring (bicyclic) bond motifs is 2. The lowest BCUT2D eigenvalue weighted by Crippen LogP contribution is -2.32. The van der Waals surface area contributed by atoms with Gasteiger partial charge in [0.2, 0.25) is 0 Å². The van der Waals surface area contributed by atoms with Crippen molar-refractivity contribution in [2.24, 2.45) is 0 Å². The number of aldehydes is 1. The summed E-state index contributed by atoms with van der Waals surface area (Å²) in [6.07, 6.45) is 4.92. The van der Waals surface area contributed by atoms with Crippen LogP contribution in [0.5, 0.6) is 5.75 Å². The Morgan fingerprint density at radius 1 is 1.15 bits per heavy atom. The number of imidazole rings is 1. The topological polar surface area (TPSA) is 127 Å². The molecule has 11 heteroatoms.